The van der Waals surface area contributed by atoms with Crippen molar-refractivity contribution in [2.75, 3.05) is 13.1 Å². The first kappa shape index (κ1) is 18.5. The number of thioether (sulfide) groups is 1. The van der Waals surface area contributed by atoms with Crippen LogP contribution < -0.4 is 0 Å². The van der Waals surface area contributed by atoms with Gasteiger partial charge >= 0.3 is 0 Å². The topological polar surface area (TPSA) is 63.9 Å². The van der Waals surface area contributed by atoms with Crippen molar-refractivity contribution >= 4 is 17.7 Å². The van der Waals surface area contributed by atoms with Gasteiger partial charge in [-0.2, -0.15) is 0 Å². The van der Waals surface area contributed by atoms with E-state index in [9.17, 15) is 4.79 Å². The second-order valence-electron chi connectivity index (χ2n) is 7.49. The lowest BCUT2D eigenvalue weighted by Gasteiger charge is -2.30. The molecule has 1 aromatic carbocycles. The number of carbonyl (C=O) groups is 1. The molecule has 2 fully saturated rings. The van der Waals surface area contributed by atoms with Crippen molar-refractivity contribution in [3.63, 3.8) is 0 Å². The van der Waals surface area contributed by atoms with Gasteiger partial charge in [0, 0.05) is 13.1 Å². The molecule has 7 heteroatoms. The molecule has 1 aromatic heterocycles. The van der Waals surface area contributed by atoms with Crippen LogP contribution in [0.1, 0.15) is 68.2 Å². The minimum absolute atomic E-state index is 0.184. The molecule has 0 N–H and O–H groups in total. The number of carbonyl (C=O) groups excluding carboxylic acids is 1. The van der Waals surface area contributed by atoms with E-state index >= 15 is 0 Å². The summed E-state index contributed by atoms with van der Waals surface area (Å²) in [7, 11) is 0. The number of nitrogens with zero attached hydrogens (tertiary/aromatic N) is 5. The van der Waals surface area contributed by atoms with Crippen LogP contribution in [0.4, 0.5) is 0 Å². The molecular weight excluding hydrogens is 358 g/mol. The summed E-state index contributed by atoms with van der Waals surface area (Å²) in [4.78, 5) is 15.4. The molecule has 27 heavy (non-hydrogen) atoms. The molecule has 144 valence electrons. The van der Waals surface area contributed by atoms with Gasteiger partial charge in [0.15, 0.2) is 0 Å². The minimum atomic E-state index is -0.294. The van der Waals surface area contributed by atoms with E-state index in [0.29, 0.717) is 6.04 Å². The van der Waals surface area contributed by atoms with Crippen LogP contribution in [-0.4, -0.2) is 44.1 Å². The van der Waals surface area contributed by atoms with E-state index in [2.05, 4.69) is 15.5 Å². The van der Waals surface area contributed by atoms with E-state index in [1.165, 1.54) is 37.4 Å². The third-order valence-corrected chi connectivity index (χ3v) is 6.79. The number of amides is 1. The predicted octanol–water partition coefficient (Wildman–Crippen LogP) is 4.02. The van der Waals surface area contributed by atoms with Gasteiger partial charge in [0.2, 0.25) is 11.1 Å². The van der Waals surface area contributed by atoms with Crippen LogP contribution in [0.2, 0.25) is 0 Å². The molecule has 6 nitrogen and oxygen atoms in total. The van der Waals surface area contributed by atoms with Crippen LogP contribution >= 0.6 is 11.8 Å². The lowest BCUT2D eigenvalue weighted by Crippen LogP contribution is -2.38. The van der Waals surface area contributed by atoms with Crippen LogP contribution in [0.25, 0.3) is 0 Å². The molecule has 2 heterocycles. The van der Waals surface area contributed by atoms with E-state index in [4.69, 9.17) is 0 Å². The van der Waals surface area contributed by atoms with Crippen molar-refractivity contribution in [1.82, 2.24) is 25.1 Å². The van der Waals surface area contributed by atoms with Gasteiger partial charge in [-0.3, -0.25) is 4.79 Å². The Kier molecular flexibility index (Phi) is 6.07. The Hall–Kier alpha value is -1.89. The predicted molar refractivity (Wildman–Crippen MR) is 105 cm³/mol. The van der Waals surface area contributed by atoms with Gasteiger partial charge in [0.1, 0.15) is 5.25 Å². The quantitative estimate of drug-likeness (QED) is 0.727. The van der Waals surface area contributed by atoms with Gasteiger partial charge in [-0.05, 0) is 48.1 Å². The maximum absolute atomic E-state index is 13.3. The Balaban J connectivity index is 1.58. The van der Waals surface area contributed by atoms with Crippen molar-refractivity contribution < 1.29 is 4.79 Å². The van der Waals surface area contributed by atoms with Gasteiger partial charge in [-0.25, -0.2) is 4.68 Å². The van der Waals surface area contributed by atoms with Crippen molar-refractivity contribution in [3.05, 3.63) is 35.9 Å². The molecule has 0 bridgehead atoms. The summed E-state index contributed by atoms with van der Waals surface area (Å²) in [6, 6.07) is 10.4. The van der Waals surface area contributed by atoms with E-state index < -0.39 is 0 Å². The van der Waals surface area contributed by atoms with Gasteiger partial charge in [-0.15, -0.1) is 5.10 Å². The minimum Gasteiger partial charge on any atom is -0.341 e. The van der Waals surface area contributed by atoms with E-state index in [-0.39, 0.29) is 11.2 Å². The number of aromatic nitrogens is 4. The number of benzene rings is 1. The third kappa shape index (κ3) is 4.34. The van der Waals surface area contributed by atoms with E-state index in [1.807, 2.05) is 39.9 Å². The normalized spacial score (nSPS) is 19.8. The Morgan fingerprint density at radius 3 is 2.44 bits per heavy atom. The highest BCUT2D eigenvalue weighted by atomic mass is 32.2. The Bertz CT molecular complexity index is 738. The highest BCUT2D eigenvalue weighted by molar-refractivity contribution is 8.00. The molecule has 2 aromatic rings. The maximum Gasteiger partial charge on any atom is 0.240 e. The molecule has 1 aliphatic heterocycles. The second kappa shape index (κ2) is 8.87. The lowest BCUT2D eigenvalue weighted by molar-refractivity contribution is -0.131. The average molecular weight is 386 g/mol. The number of tetrazole rings is 1. The zero-order chi connectivity index (χ0) is 18.5. The molecule has 4 rings (SSSR count). The van der Waals surface area contributed by atoms with Crippen LogP contribution in [-0.2, 0) is 4.79 Å². The number of hydrogen-bond acceptors (Lipinski definition) is 5. The van der Waals surface area contributed by atoms with Crippen LogP contribution in [0.15, 0.2) is 35.5 Å². The molecule has 1 amide bonds. The number of piperidine rings is 1. The number of rotatable bonds is 5. The Labute approximate surface area is 164 Å². The first-order valence-corrected chi connectivity index (χ1v) is 11.0. The second-order valence-corrected chi connectivity index (χ2v) is 8.56. The zero-order valence-electron chi connectivity index (χ0n) is 15.7. The Morgan fingerprint density at radius 2 is 1.70 bits per heavy atom. The van der Waals surface area contributed by atoms with Gasteiger partial charge < -0.3 is 4.90 Å². The Morgan fingerprint density at radius 1 is 1.00 bits per heavy atom. The number of hydrogen-bond donors (Lipinski definition) is 0. The highest BCUT2D eigenvalue weighted by Gasteiger charge is 2.31. The lowest BCUT2D eigenvalue weighted by atomic mass is 9.96. The molecule has 2 aliphatic rings. The summed E-state index contributed by atoms with van der Waals surface area (Å²) in [5.74, 6) is 0.184. The first-order chi connectivity index (χ1) is 13.3. The largest absolute Gasteiger partial charge is 0.341 e. The molecular formula is C20H27N5OS. The smallest absolute Gasteiger partial charge is 0.240 e. The summed E-state index contributed by atoms with van der Waals surface area (Å²) >= 11 is 1.51. The van der Waals surface area contributed by atoms with Crippen molar-refractivity contribution in [3.8, 4) is 0 Å². The molecule has 1 atom stereocenters. The molecule has 1 aliphatic carbocycles. The van der Waals surface area contributed by atoms with Crippen molar-refractivity contribution in [1.29, 1.82) is 0 Å². The fraction of sp³-hybridized carbons (Fsp3) is 0.600. The summed E-state index contributed by atoms with van der Waals surface area (Å²) < 4.78 is 1.96. The molecule has 0 radical (unpaired) electrons. The fourth-order valence-corrected chi connectivity index (χ4v) is 5.22. The highest BCUT2D eigenvalue weighted by Crippen LogP contribution is 2.38. The van der Waals surface area contributed by atoms with Crippen LogP contribution in [0.5, 0.6) is 0 Å². The summed E-state index contributed by atoms with van der Waals surface area (Å²) in [5.41, 5.74) is 1.02. The van der Waals surface area contributed by atoms with E-state index in [1.54, 1.807) is 0 Å². The summed E-state index contributed by atoms with van der Waals surface area (Å²) in [6.07, 6.45) is 9.39. The van der Waals surface area contributed by atoms with Crippen LogP contribution in [0.3, 0.4) is 0 Å². The van der Waals surface area contributed by atoms with Crippen molar-refractivity contribution in [2.24, 2.45) is 0 Å². The maximum atomic E-state index is 13.3. The van der Waals surface area contributed by atoms with Crippen LogP contribution in [0, 0.1) is 0 Å². The summed E-state index contributed by atoms with van der Waals surface area (Å²) in [6.45, 7) is 1.71. The monoisotopic (exact) mass is 385 g/mol. The molecule has 0 spiro atoms. The standard InChI is InChI=1S/C20H27N5OS/c26-19(24-14-8-3-9-15-24)18(16-10-4-1-5-11-16)27-20-21-22-23-25(20)17-12-6-2-7-13-17/h1,4-5,10-11,17-18H,2-3,6-9,12-15H2. The number of likely N-dealkylation sites (tertiary alicyclic amines) is 1. The zero-order valence-corrected chi connectivity index (χ0v) is 16.5. The fourth-order valence-electron chi connectivity index (χ4n) is 4.09. The first-order valence-electron chi connectivity index (χ1n) is 10.1. The SMILES string of the molecule is O=C(C(Sc1nnnn1C1CCCCC1)c1ccccc1)N1CCCCC1. The third-order valence-electron chi connectivity index (χ3n) is 5.60. The molecule has 1 unspecified atom stereocenters. The molecule has 1 saturated carbocycles. The van der Waals surface area contributed by atoms with E-state index in [0.717, 1.165) is 49.5 Å². The van der Waals surface area contributed by atoms with Gasteiger partial charge in [0.25, 0.3) is 0 Å². The van der Waals surface area contributed by atoms with Gasteiger partial charge in [-0.1, -0.05) is 61.4 Å². The summed E-state index contributed by atoms with van der Waals surface area (Å²) in [5, 5.41) is 13.0. The molecule has 1 saturated heterocycles. The van der Waals surface area contributed by atoms with Crippen molar-refractivity contribution in [2.45, 2.75) is 67.8 Å². The average Bonchev–Trinajstić information content (AvgIpc) is 3.22. The van der Waals surface area contributed by atoms with Gasteiger partial charge in [0.05, 0.1) is 6.04 Å².